The molecular weight excluding hydrogens is 237 g/mol. The summed E-state index contributed by atoms with van der Waals surface area (Å²) in [6.07, 6.45) is 0. The molecule has 0 spiro atoms. The van der Waals surface area contributed by atoms with Gasteiger partial charge in [-0.1, -0.05) is 23.2 Å². The second-order valence-electron chi connectivity index (χ2n) is 3.39. The summed E-state index contributed by atoms with van der Waals surface area (Å²) in [4.78, 5) is 16.5. The van der Waals surface area contributed by atoms with E-state index in [1.165, 1.54) is 0 Å². The molecular formula is C9H11Cl2N3O. The van der Waals surface area contributed by atoms with Gasteiger partial charge in [-0.05, 0) is 6.07 Å². The highest BCUT2D eigenvalue weighted by Gasteiger charge is 2.20. The van der Waals surface area contributed by atoms with Crippen molar-refractivity contribution >= 4 is 29.1 Å². The molecule has 82 valence electrons. The molecule has 2 heterocycles. The highest BCUT2D eigenvalue weighted by atomic mass is 35.5. The second-order valence-corrected chi connectivity index (χ2v) is 4.17. The Kier molecular flexibility index (Phi) is 3.19. The molecule has 0 unspecified atom stereocenters. The highest BCUT2D eigenvalue weighted by Crippen LogP contribution is 2.22. The van der Waals surface area contributed by atoms with Crippen LogP contribution < -0.4 is 5.32 Å². The second kappa shape index (κ2) is 4.43. The molecule has 0 atom stereocenters. The monoisotopic (exact) mass is 247 g/mol. The number of rotatable bonds is 1. The Morgan fingerprint density at radius 3 is 2.53 bits per heavy atom. The maximum Gasteiger partial charge on any atom is 0.270 e. The summed E-state index contributed by atoms with van der Waals surface area (Å²) in [5.74, 6) is -0.0506. The molecule has 0 aliphatic carbocycles. The van der Waals surface area contributed by atoms with E-state index < -0.39 is 0 Å². The van der Waals surface area contributed by atoms with E-state index >= 15 is 0 Å². The minimum atomic E-state index is -0.0506. The molecule has 0 bridgehead atoms. The van der Waals surface area contributed by atoms with Crippen LogP contribution in [0.25, 0.3) is 0 Å². The zero-order valence-electron chi connectivity index (χ0n) is 8.02. The fourth-order valence-corrected chi connectivity index (χ4v) is 1.87. The van der Waals surface area contributed by atoms with Crippen molar-refractivity contribution in [3.63, 3.8) is 0 Å². The van der Waals surface area contributed by atoms with Crippen molar-refractivity contribution in [1.82, 2.24) is 15.2 Å². The van der Waals surface area contributed by atoms with E-state index in [1.807, 2.05) is 0 Å². The maximum atomic E-state index is 11.9. The van der Waals surface area contributed by atoms with Gasteiger partial charge in [-0.15, -0.1) is 0 Å². The SMILES string of the molecule is O=C(c1cc(Cl)c(Cl)[nH]1)N1CCNCC1. The van der Waals surface area contributed by atoms with Crippen molar-refractivity contribution in [3.05, 3.63) is 21.9 Å². The van der Waals surface area contributed by atoms with E-state index in [2.05, 4.69) is 10.3 Å². The van der Waals surface area contributed by atoms with Gasteiger partial charge >= 0.3 is 0 Å². The fraction of sp³-hybridized carbons (Fsp3) is 0.444. The van der Waals surface area contributed by atoms with Gasteiger partial charge in [-0.2, -0.15) is 0 Å². The Labute approximate surface area is 97.5 Å². The van der Waals surface area contributed by atoms with Gasteiger partial charge in [0.2, 0.25) is 0 Å². The molecule has 4 nitrogen and oxygen atoms in total. The van der Waals surface area contributed by atoms with Gasteiger partial charge in [0.25, 0.3) is 5.91 Å². The summed E-state index contributed by atoms with van der Waals surface area (Å²) < 4.78 is 0. The van der Waals surface area contributed by atoms with E-state index in [0.29, 0.717) is 29.0 Å². The third kappa shape index (κ3) is 2.27. The number of hydrogen-bond donors (Lipinski definition) is 2. The molecule has 1 fully saturated rings. The highest BCUT2D eigenvalue weighted by molar-refractivity contribution is 6.41. The van der Waals surface area contributed by atoms with Gasteiger partial charge in [0.05, 0.1) is 5.02 Å². The van der Waals surface area contributed by atoms with Crippen LogP contribution in [0.4, 0.5) is 0 Å². The first kappa shape index (κ1) is 10.8. The number of amides is 1. The van der Waals surface area contributed by atoms with Crippen LogP contribution in [0.2, 0.25) is 10.2 Å². The molecule has 0 saturated carbocycles. The Balaban J connectivity index is 2.12. The molecule has 1 saturated heterocycles. The van der Waals surface area contributed by atoms with Gasteiger partial charge < -0.3 is 15.2 Å². The lowest BCUT2D eigenvalue weighted by Crippen LogP contribution is -2.46. The molecule has 1 aromatic rings. The van der Waals surface area contributed by atoms with E-state index in [0.717, 1.165) is 13.1 Å². The lowest BCUT2D eigenvalue weighted by atomic mass is 10.3. The lowest BCUT2D eigenvalue weighted by molar-refractivity contribution is 0.0730. The van der Waals surface area contributed by atoms with Crippen LogP contribution in [0.3, 0.4) is 0 Å². The largest absolute Gasteiger partial charge is 0.340 e. The van der Waals surface area contributed by atoms with Crippen LogP contribution in [0.1, 0.15) is 10.5 Å². The molecule has 1 aliphatic heterocycles. The van der Waals surface area contributed by atoms with Crippen molar-refractivity contribution < 1.29 is 4.79 Å². The number of nitrogens with one attached hydrogen (secondary N) is 2. The topological polar surface area (TPSA) is 48.1 Å². The zero-order chi connectivity index (χ0) is 10.8. The third-order valence-corrected chi connectivity index (χ3v) is 3.05. The molecule has 1 amide bonds. The summed E-state index contributed by atoms with van der Waals surface area (Å²) in [6.45, 7) is 3.09. The fourth-order valence-electron chi connectivity index (χ4n) is 1.56. The van der Waals surface area contributed by atoms with Crippen LogP contribution in [-0.2, 0) is 0 Å². The number of carbonyl (C=O) groups excluding carboxylic acids is 1. The molecule has 6 heteroatoms. The Morgan fingerprint density at radius 2 is 2.00 bits per heavy atom. The number of carbonyl (C=O) groups is 1. The van der Waals surface area contributed by atoms with Gasteiger partial charge in [0.15, 0.2) is 0 Å². The van der Waals surface area contributed by atoms with Gasteiger partial charge in [-0.3, -0.25) is 4.79 Å². The summed E-state index contributed by atoms with van der Waals surface area (Å²) >= 11 is 11.5. The van der Waals surface area contributed by atoms with Gasteiger partial charge in [0.1, 0.15) is 10.8 Å². The van der Waals surface area contributed by atoms with E-state index in [1.54, 1.807) is 11.0 Å². The first-order chi connectivity index (χ1) is 7.18. The van der Waals surface area contributed by atoms with E-state index in [-0.39, 0.29) is 5.91 Å². The molecule has 1 aromatic heterocycles. The maximum absolute atomic E-state index is 11.9. The number of H-pyrrole nitrogens is 1. The number of piperazine rings is 1. The van der Waals surface area contributed by atoms with Crippen LogP contribution >= 0.6 is 23.2 Å². The quantitative estimate of drug-likeness (QED) is 0.788. The lowest BCUT2D eigenvalue weighted by Gasteiger charge is -2.26. The van der Waals surface area contributed by atoms with Crippen LogP contribution in [0, 0.1) is 0 Å². The molecule has 0 aromatic carbocycles. The molecule has 15 heavy (non-hydrogen) atoms. The first-order valence-electron chi connectivity index (χ1n) is 4.72. The van der Waals surface area contributed by atoms with Crippen molar-refractivity contribution in [3.8, 4) is 0 Å². The predicted molar refractivity (Wildman–Crippen MR) is 59.6 cm³/mol. The van der Waals surface area contributed by atoms with E-state index in [4.69, 9.17) is 23.2 Å². The van der Waals surface area contributed by atoms with Crippen molar-refractivity contribution in [2.75, 3.05) is 26.2 Å². The standard InChI is InChI=1S/C9H11Cl2N3O/c10-6-5-7(13-8(6)11)9(15)14-3-1-12-2-4-14/h5,12-13H,1-4H2. The van der Waals surface area contributed by atoms with Crippen molar-refractivity contribution in [2.45, 2.75) is 0 Å². The number of aromatic nitrogens is 1. The number of hydrogen-bond acceptors (Lipinski definition) is 2. The number of nitrogens with zero attached hydrogens (tertiary/aromatic N) is 1. The Morgan fingerprint density at radius 1 is 1.33 bits per heavy atom. The van der Waals surface area contributed by atoms with Crippen LogP contribution in [0.5, 0.6) is 0 Å². The summed E-state index contributed by atoms with van der Waals surface area (Å²) in [6, 6.07) is 1.56. The molecule has 0 radical (unpaired) electrons. The molecule has 2 N–H and O–H groups in total. The van der Waals surface area contributed by atoms with Gasteiger partial charge in [0, 0.05) is 26.2 Å². The summed E-state index contributed by atoms with van der Waals surface area (Å²) in [7, 11) is 0. The Bertz CT molecular complexity index is 352. The minimum Gasteiger partial charge on any atom is -0.340 e. The Hall–Kier alpha value is -0.710. The average Bonchev–Trinajstić information content (AvgIpc) is 2.59. The summed E-state index contributed by atoms with van der Waals surface area (Å²) in [5.41, 5.74) is 0.451. The van der Waals surface area contributed by atoms with Crippen molar-refractivity contribution in [2.24, 2.45) is 0 Å². The van der Waals surface area contributed by atoms with Crippen LogP contribution in [-0.4, -0.2) is 42.0 Å². The smallest absolute Gasteiger partial charge is 0.270 e. The van der Waals surface area contributed by atoms with E-state index in [9.17, 15) is 4.79 Å². The van der Waals surface area contributed by atoms with Crippen LogP contribution in [0.15, 0.2) is 6.07 Å². The number of halogens is 2. The molecule has 1 aliphatic rings. The minimum absolute atomic E-state index is 0.0506. The van der Waals surface area contributed by atoms with Crippen molar-refractivity contribution in [1.29, 1.82) is 0 Å². The summed E-state index contributed by atoms with van der Waals surface area (Å²) in [5, 5.41) is 3.88. The first-order valence-corrected chi connectivity index (χ1v) is 5.48. The normalized spacial score (nSPS) is 16.8. The molecule has 2 rings (SSSR count). The third-order valence-electron chi connectivity index (χ3n) is 2.36. The predicted octanol–water partition coefficient (Wildman–Crippen LogP) is 1.37. The van der Waals surface area contributed by atoms with Gasteiger partial charge in [-0.25, -0.2) is 0 Å². The zero-order valence-corrected chi connectivity index (χ0v) is 9.53. The average molecular weight is 248 g/mol. The number of aromatic amines is 1.